The lowest BCUT2D eigenvalue weighted by atomic mass is 9.86. The third-order valence-electron chi connectivity index (χ3n) is 6.93. The Hall–Kier alpha value is -0.433. The van der Waals surface area contributed by atoms with Gasteiger partial charge in [0, 0.05) is 25.6 Å². The molecule has 1 unspecified atom stereocenters. The zero-order valence-electron chi connectivity index (χ0n) is 19.2. The first-order chi connectivity index (χ1) is 13.6. The van der Waals surface area contributed by atoms with Crippen molar-refractivity contribution in [2.45, 2.75) is 97.1 Å². The van der Waals surface area contributed by atoms with E-state index in [1.54, 1.807) is 0 Å². The molecule has 2 rings (SSSR count). The molecule has 5 nitrogen and oxygen atoms in total. The average Bonchev–Trinajstić information content (AvgIpc) is 2.77. The van der Waals surface area contributed by atoms with E-state index < -0.39 is 14.3 Å². The van der Waals surface area contributed by atoms with Crippen molar-refractivity contribution >= 4 is 14.3 Å². The normalized spacial score (nSPS) is 31.5. The number of carboxylic acid groups (broad SMARTS) is 1. The summed E-state index contributed by atoms with van der Waals surface area (Å²) in [6.45, 7) is 12.4. The fourth-order valence-corrected chi connectivity index (χ4v) is 8.24. The van der Waals surface area contributed by atoms with Crippen LogP contribution in [0.1, 0.15) is 65.7 Å². The molecule has 0 bridgehead atoms. The van der Waals surface area contributed by atoms with Crippen molar-refractivity contribution in [2.75, 3.05) is 13.2 Å². The van der Waals surface area contributed by atoms with E-state index in [0.29, 0.717) is 37.4 Å². The second-order valence-corrected chi connectivity index (χ2v) is 14.7. The summed E-state index contributed by atoms with van der Waals surface area (Å²) in [5.74, 6) is 0.729. The molecule has 2 N–H and O–H groups in total. The summed E-state index contributed by atoms with van der Waals surface area (Å²) in [6.07, 6.45) is 5.98. The van der Waals surface area contributed by atoms with Gasteiger partial charge in [-0.15, -0.1) is 0 Å². The molecule has 1 saturated carbocycles. The van der Waals surface area contributed by atoms with Crippen molar-refractivity contribution in [1.29, 1.82) is 0 Å². The lowest BCUT2D eigenvalue weighted by molar-refractivity contribution is -0.142. The summed E-state index contributed by atoms with van der Waals surface area (Å²) in [6, 6.07) is 1.14. The summed E-state index contributed by atoms with van der Waals surface area (Å²) < 4.78 is 12.6. The molecule has 0 amide bonds. The summed E-state index contributed by atoms with van der Waals surface area (Å²) in [5, 5.41) is 20.0. The lowest BCUT2D eigenvalue weighted by Crippen LogP contribution is -2.37. The number of carboxylic acids is 1. The van der Waals surface area contributed by atoms with Crippen LogP contribution in [-0.2, 0) is 14.0 Å². The van der Waals surface area contributed by atoms with Gasteiger partial charge in [0.05, 0.1) is 18.1 Å². The standard InChI is InChI=1S/C23H44O5Si/c1-6-7-18(23(25)26)10-8-17-9-11-19-20(21(24)12-22(19)27-13-17)14-28-29(4,5)15-16(2)3/h16-22,24H,6-15H2,1-5H3,(H,25,26)/t17-,18?,19-,20-,21-,22+/m1/s1. The van der Waals surface area contributed by atoms with E-state index in [1.165, 1.54) is 0 Å². The molecule has 29 heavy (non-hydrogen) atoms. The molecule has 170 valence electrons. The number of hydrogen-bond donors (Lipinski definition) is 2. The molecule has 0 aromatic rings. The number of rotatable bonds is 11. The average molecular weight is 429 g/mol. The van der Waals surface area contributed by atoms with E-state index in [0.717, 1.165) is 44.6 Å². The molecular weight excluding hydrogens is 384 g/mol. The molecule has 0 spiro atoms. The van der Waals surface area contributed by atoms with Crippen LogP contribution in [0.5, 0.6) is 0 Å². The van der Waals surface area contributed by atoms with Crippen molar-refractivity contribution in [3.63, 3.8) is 0 Å². The molecule has 1 heterocycles. The predicted octanol–water partition coefficient (Wildman–Crippen LogP) is 4.94. The fraction of sp³-hybridized carbons (Fsp3) is 0.957. The molecule has 6 heteroatoms. The number of aliphatic carboxylic acids is 1. The van der Waals surface area contributed by atoms with Crippen LogP contribution in [0.15, 0.2) is 0 Å². The van der Waals surface area contributed by atoms with Crippen LogP contribution in [-0.4, -0.2) is 49.9 Å². The van der Waals surface area contributed by atoms with E-state index in [4.69, 9.17) is 9.16 Å². The molecule has 2 aliphatic rings. The van der Waals surface area contributed by atoms with Gasteiger partial charge in [-0.05, 0) is 69.0 Å². The Morgan fingerprint density at radius 2 is 1.97 bits per heavy atom. The third kappa shape index (κ3) is 7.64. The van der Waals surface area contributed by atoms with Crippen molar-refractivity contribution in [2.24, 2.45) is 29.6 Å². The highest BCUT2D eigenvalue weighted by Gasteiger charge is 2.45. The summed E-state index contributed by atoms with van der Waals surface area (Å²) >= 11 is 0. The molecule has 0 radical (unpaired) electrons. The maximum Gasteiger partial charge on any atom is 0.306 e. The Balaban J connectivity index is 1.87. The largest absolute Gasteiger partial charge is 0.481 e. The van der Waals surface area contributed by atoms with Crippen LogP contribution in [0.2, 0.25) is 19.1 Å². The number of fused-ring (bicyclic) bond motifs is 1. The zero-order valence-corrected chi connectivity index (χ0v) is 20.2. The van der Waals surface area contributed by atoms with Crippen LogP contribution >= 0.6 is 0 Å². The van der Waals surface area contributed by atoms with Gasteiger partial charge in [-0.1, -0.05) is 27.2 Å². The molecule has 1 aliphatic carbocycles. The van der Waals surface area contributed by atoms with E-state index in [9.17, 15) is 15.0 Å². The Bertz CT molecular complexity index is 509. The quantitative estimate of drug-likeness (QED) is 0.456. The van der Waals surface area contributed by atoms with Gasteiger partial charge in [0.2, 0.25) is 0 Å². The minimum absolute atomic E-state index is 0.129. The van der Waals surface area contributed by atoms with Crippen LogP contribution in [0, 0.1) is 29.6 Å². The van der Waals surface area contributed by atoms with Gasteiger partial charge in [-0.2, -0.15) is 0 Å². The second-order valence-electron chi connectivity index (χ2n) is 10.5. The first-order valence-corrected chi connectivity index (χ1v) is 14.9. The first kappa shape index (κ1) is 24.8. The van der Waals surface area contributed by atoms with Gasteiger partial charge in [0.15, 0.2) is 8.32 Å². The smallest absolute Gasteiger partial charge is 0.306 e. The Kier molecular flexibility index (Phi) is 9.64. The fourth-order valence-electron chi connectivity index (χ4n) is 5.51. The van der Waals surface area contributed by atoms with Gasteiger partial charge >= 0.3 is 5.97 Å². The minimum atomic E-state index is -1.70. The van der Waals surface area contributed by atoms with Crippen molar-refractivity contribution in [1.82, 2.24) is 0 Å². The maximum absolute atomic E-state index is 11.4. The van der Waals surface area contributed by atoms with E-state index in [2.05, 4.69) is 26.9 Å². The zero-order chi connectivity index (χ0) is 21.6. The Labute approximate surface area is 178 Å². The van der Waals surface area contributed by atoms with Crippen LogP contribution < -0.4 is 0 Å². The summed E-state index contributed by atoms with van der Waals surface area (Å²) in [7, 11) is -1.70. The first-order valence-electron chi connectivity index (χ1n) is 11.8. The maximum atomic E-state index is 11.4. The van der Waals surface area contributed by atoms with Crippen LogP contribution in [0.4, 0.5) is 0 Å². The predicted molar refractivity (Wildman–Crippen MR) is 118 cm³/mol. The molecular formula is C23H44O5Si. The Morgan fingerprint density at radius 3 is 2.59 bits per heavy atom. The highest BCUT2D eigenvalue weighted by atomic mass is 28.4. The van der Waals surface area contributed by atoms with E-state index in [1.807, 2.05) is 6.92 Å². The highest BCUT2D eigenvalue weighted by molar-refractivity contribution is 6.71. The van der Waals surface area contributed by atoms with Crippen molar-refractivity contribution in [3.8, 4) is 0 Å². The molecule has 0 aromatic heterocycles. The summed E-state index contributed by atoms with van der Waals surface area (Å²) in [4.78, 5) is 11.4. The highest BCUT2D eigenvalue weighted by Crippen LogP contribution is 2.42. The lowest BCUT2D eigenvalue weighted by Gasteiger charge is -2.30. The number of ether oxygens (including phenoxy) is 1. The van der Waals surface area contributed by atoms with E-state index in [-0.39, 0.29) is 24.0 Å². The minimum Gasteiger partial charge on any atom is -0.481 e. The van der Waals surface area contributed by atoms with Gasteiger partial charge in [0.25, 0.3) is 0 Å². The third-order valence-corrected chi connectivity index (χ3v) is 9.67. The monoisotopic (exact) mass is 428 g/mol. The summed E-state index contributed by atoms with van der Waals surface area (Å²) in [5.41, 5.74) is 0. The molecule has 0 aromatic carbocycles. The molecule has 1 saturated heterocycles. The second kappa shape index (κ2) is 11.3. The Morgan fingerprint density at radius 1 is 1.24 bits per heavy atom. The SMILES string of the molecule is CCCC(CC[C@@H]1CC[C@@H]2[C@@H](CO[Si](C)(C)CC(C)C)[C@H](O)C[C@@H]2OC1)C(=O)O. The number of carbonyl (C=O) groups is 1. The van der Waals surface area contributed by atoms with Gasteiger partial charge < -0.3 is 19.4 Å². The molecule has 1 aliphatic heterocycles. The van der Waals surface area contributed by atoms with E-state index >= 15 is 0 Å². The van der Waals surface area contributed by atoms with Gasteiger partial charge in [-0.25, -0.2) is 0 Å². The molecule has 2 fully saturated rings. The van der Waals surface area contributed by atoms with Crippen molar-refractivity contribution < 1.29 is 24.2 Å². The number of hydrogen-bond acceptors (Lipinski definition) is 4. The van der Waals surface area contributed by atoms with Crippen LogP contribution in [0.25, 0.3) is 0 Å². The number of aliphatic hydroxyl groups excluding tert-OH is 1. The van der Waals surface area contributed by atoms with Crippen molar-refractivity contribution in [3.05, 3.63) is 0 Å². The molecule has 6 atom stereocenters. The van der Waals surface area contributed by atoms with Crippen LogP contribution in [0.3, 0.4) is 0 Å². The van der Waals surface area contributed by atoms with Gasteiger partial charge in [0.1, 0.15) is 0 Å². The topological polar surface area (TPSA) is 76.0 Å². The van der Waals surface area contributed by atoms with Gasteiger partial charge in [-0.3, -0.25) is 4.79 Å². The number of aliphatic hydroxyl groups is 1.